The molecule has 1 aliphatic carbocycles. The highest BCUT2D eigenvalue weighted by Gasteiger charge is 2.38. The minimum absolute atomic E-state index is 0.0194. The van der Waals surface area contributed by atoms with E-state index in [0.717, 1.165) is 24.5 Å². The van der Waals surface area contributed by atoms with Crippen molar-refractivity contribution in [2.45, 2.75) is 19.3 Å². The first-order valence-corrected chi connectivity index (χ1v) is 7.83. The van der Waals surface area contributed by atoms with Crippen molar-refractivity contribution in [3.8, 4) is 5.69 Å². The fraction of sp³-hybridized carbons (Fsp3) is 0.438. The number of anilines is 1. The summed E-state index contributed by atoms with van der Waals surface area (Å²) >= 11 is 0. The Morgan fingerprint density at radius 1 is 1.09 bits per heavy atom. The van der Waals surface area contributed by atoms with Gasteiger partial charge in [-0.05, 0) is 36.8 Å². The summed E-state index contributed by atoms with van der Waals surface area (Å²) in [6, 6.07) is 7.58. The first-order chi connectivity index (χ1) is 10.8. The van der Waals surface area contributed by atoms with E-state index in [0.29, 0.717) is 11.8 Å². The van der Waals surface area contributed by atoms with Gasteiger partial charge in [0.1, 0.15) is 5.69 Å². The van der Waals surface area contributed by atoms with Gasteiger partial charge in [0, 0.05) is 13.1 Å². The van der Waals surface area contributed by atoms with E-state index in [1.54, 1.807) is 12.4 Å². The van der Waals surface area contributed by atoms with Gasteiger partial charge in [-0.2, -0.15) is 10.2 Å². The highest BCUT2D eigenvalue weighted by atomic mass is 16.2. The average molecular weight is 297 g/mol. The average Bonchev–Trinajstić information content (AvgIpc) is 3.24. The molecule has 2 heterocycles. The standard InChI is InChI=1S/C16H19N5O/c22-16(20-10-12-4-3-5-13(12)11-20)19-14-6-1-2-7-15(14)21-17-8-9-18-21/h1-2,6-9,12-13H,3-5,10-11H2,(H,19,22)/t12-,13+. The van der Waals surface area contributed by atoms with Crippen molar-refractivity contribution in [2.75, 3.05) is 18.4 Å². The van der Waals surface area contributed by atoms with Crippen molar-refractivity contribution < 1.29 is 4.79 Å². The predicted molar refractivity (Wildman–Crippen MR) is 82.8 cm³/mol. The smallest absolute Gasteiger partial charge is 0.321 e. The van der Waals surface area contributed by atoms with Gasteiger partial charge < -0.3 is 10.2 Å². The van der Waals surface area contributed by atoms with Gasteiger partial charge in [-0.15, -0.1) is 4.80 Å². The highest BCUT2D eigenvalue weighted by molar-refractivity contribution is 5.91. The molecule has 1 N–H and O–H groups in total. The lowest BCUT2D eigenvalue weighted by molar-refractivity contribution is 0.219. The van der Waals surface area contributed by atoms with Crippen LogP contribution in [-0.2, 0) is 0 Å². The van der Waals surface area contributed by atoms with Crippen LogP contribution in [0.5, 0.6) is 0 Å². The predicted octanol–water partition coefficient (Wildman–Crippen LogP) is 2.53. The van der Waals surface area contributed by atoms with E-state index in [4.69, 9.17) is 0 Å². The highest BCUT2D eigenvalue weighted by Crippen LogP contribution is 2.37. The summed E-state index contributed by atoms with van der Waals surface area (Å²) in [5.74, 6) is 1.41. The van der Waals surface area contributed by atoms with Gasteiger partial charge in [0.2, 0.25) is 0 Å². The normalized spacial score (nSPS) is 23.5. The molecule has 6 heteroatoms. The van der Waals surface area contributed by atoms with Gasteiger partial charge in [0.15, 0.2) is 0 Å². The number of likely N-dealkylation sites (tertiary alicyclic amines) is 1. The van der Waals surface area contributed by atoms with Crippen molar-refractivity contribution >= 4 is 11.7 Å². The monoisotopic (exact) mass is 297 g/mol. The van der Waals surface area contributed by atoms with Crippen LogP contribution in [0.15, 0.2) is 36.7 Å². The number of aromatic nitrogens is 3. The minimum Gasteiger partial charge on any atom is -0.324 e. The quantitative estimate of drug-likeness (QED) is 0.926. The lowest BCUT2D eigenvalue weighted by Gasteiger charge is -2.19. The number of carbonyl (C=O) groups excluding carboxylic acids is 1. The third kappa shape index (κ3) is 2.34. The van der Waals surface area contributed by atoms with Gasteiger partial charge in [0.25, 0.3) is 0 Å². The number of para-hydroxylation sites is 2. The van der Waals surface area contributed by atoms with Crippen LogP contribution in [-0.4, -0.2) is 39.0 Å². The van der Waals surface area contributed by atoms with Crippen LogP contribution in [0.25, 0.3) is 5.69 Å². The molecule has 4 rings (SSSR count). The zero-order valence-electron chi connectivity index (χ0n) is 12.4. The zero-order chi connectivity index (χ0) is 14.9. The van der Waals surface area contributed by atoms with E-state index in [1.807, 2.05) is 29.2 Å². The zero-order valence-corrected chi connectivity index (χ0v) is 12.4. The molecule has 6 nitrogen and oxygen atoms in total. The number of benzene rings is 1. The summed E-state index contributed by atoms with van der Waals surface area (Å²) in [4.78, 5) is 16.0. The molecule has 1 aliphatic heterocycles. The number of amides is 2. The summed E-state index contributed by atoms with van der Waals surface area (Å²) < 4.78 is 0. The number of hydrogen-bond acceptors (Lipinski definition) is 3. The van der Waals surface area contributed by atoms with Crippen LogP contribution in [0.2, 0.25) is 0 Å². The van der Waals surface area contributed by atoms with Crippen molar-refractivity contribution in [2.24, 2.45) is 11.8 Å². The van der Waals surface area contributed by atoms with Gasteiger partial charge in [-0.1, -0.05) is 18.6 Å². The number of nitrogens with zero attached hydrogens (tertiary/aromatic N) is 4. The van der Waals surface area contributed by atoms with Gasteiger partial charge in [0.05, 0.1) is 18.1 Å². The fourth-order valence-corrected chi connectivity index (χ4v) is 3.69. The molecule has 2 aliphatic rings. The Hall–Kier alpha value is -2.37. The SMILES string of the molecule is O=C(Nc1ccccc1-n1nccn1)N1C[C@H]2CCC[C@H]2C1. The van der Waals surface area contributed by atoms with Gasteiger partial charge in [-0.25, -0.2) is 4.79 Å². The van der Waals surface area contributed by atoms with Gasteiger partial charge >= 0.3 is 6.03 Å². The molecule has 0 bridgehead atoms. The first kappa shape index (κ1) is 13.3. The maximum Gasteiger partial charge on any atom is 0.321 e. The molecule has 22 heavy (non-hydrogen) atoms. The van der Waals surface area contributed by atoms with Crippen molar-refractivity contribution in [3.05, 3.63) is 36.7 Å². The Balaban J connectivity index is 1.51. The second-order valence-electron chi connectivity index (χ2n) is 6.12. The number of carbonyl (C=O) groups is 1. The Bertz CT molecular complexity index is 657. The van der Waals surface area contributed by atoms with E-state index in [9.17, 15) is 4.79 Å². The van der Waals surface area contributed by atoms with Crippen LogP contribution in [0.4, 0.5) is 10.5 Å². The third-order valence-electron chi connectivity index (χ3n) is 4.79. The maximum atomic E-state index is 12.5. The van der Waals surface area contributed by atoms with E-state index in [2.05, 4.69) is 15.5 Å². The molecular weight excluding hydrogens is 278 g/mol. The molecule has 0 radical (unpaired) electrons. The summed E-state index contributed by atoms with van der Waals surface area (Å²) in [5.41, 5.74) is 1.51. The van der Waals surface area contributed by atoms with Crippen molar-refractivity contribution in [1.29, 1.82) is 0 Å². The minimum atomic E-state index is -0.0194. The topological polar surface area (TPSA) is 63.1 Å². The number of nitrogens with one attached hydrogen (secondary N) is 1. The Kier molecular flexibility index (Phi) is 3.29. The van der Waals surface area contributed by atoms with E-state index < -0.39 is 0 Å². The molecule has 1 aromatic heterocycles. The fourth-order valence-electron chi connectivity index (χ4n) is 3.69. The molecule has 1 aromatic carbocycles. The Labute approximate surface area is 129 Å². The van der Waals surface area contributed by atoms with Crippen LogP contribution in [0.1, 0.15) is 19.3 Å². The van der Waals surface area contributed by atoms with E-state index in [1.165, 1.54) is 24.1 Å². The Morgan fingerprint density at radius 2 is 1.77 bits per heavy atom. The molecule has 2 amide bonds. The number of hydrogen-bond donors (Lipinski definition) is 1. The molecule has 0 spiro atoms. The molecule has 1 saturated heterocycles. The summed E-state index contributed by atoms with van der Waals surface area (Å²) in [6.45, 7) is 1.78. The van der Waals surface area contributed by atoms with Crippen LogP contribution in [0, 0.1) is 11.8 Å². The largest absolute Gasteiger partial charge is 0.324 e. The van der Waals surface area contributed by atoms with Crippen LogP contribution >= 0.6 is 0 Å². The lowest BCUT2D eigenvalue weighted by atomic mass is 10.0. The summed E-state index contributed by atoms with van der Waals surface area (Å²) in [5, 5.41) is 11.3. The molecular formula is C16H19N5O. The van der Waals surface area contributed by atoms with Crippen LogP contribution in [0.3, 0.4) is 0 Å². The van der Waals surface area contributed by atoms with Crippen LogP contribution < -0.4 is 5.32 Å². The molecule has 2 atom stereocenters. The number of fused-ring (bicyclic) bond motifs is 1. The molecule has 2 fully saturated rings. The van der Waals surface area contributed by atoms with E-state index in [-0.39, 0.29) is 6.03 Å². The summed E-state index contributed by atoms with van der Waals surface area (Å²) in [6.07, 6.45) is 7.10. The lowest BCUT2D eigenvalue weighted by Crippen LogP contribution is -2.34. The molecule has 2 aromatic rings. The number of rotatable bonds is 2. The summed E-state index contributed by atoms with van der Waals surface area (Å²) in [7, 11) is 0. The molecule has 114 valence electrons. The van der Waals surface area contributed by atoms with Crippen molar-refractivity contribution in [1.82, 2.24) is 19.9 Å². The van der Waals surface area contributed by atoms with Gasteiger partial charge in [-0.3, -0.25) is 0 Å². The molecule has 1 saturated carbocycles. The first-order valence-electron chi connectivity index (χ1n) is 7.83. The third-order valence-corrected chi connectivity index (χ3v) is 4.79. The second-order valence-corrected chi connectivity index (χ2v) is 6.12. The Morgan fingerprint density at radius 3 is 2.50 bits per heavy atom. The van der Waals surface area contributed by atoms with Crippen molar-refractivity contribution in [3.63, 3.8) is 0 Å². The molecule has 0 unspecified atom stereocenters. The van der Waals surface area contributed by atoms with E-state index >= 15 is 0 Å². The maximum absolute atomic E-state index is 12.5. The second kappa shape index (κ2) is 5.44. The number of urea groups is 1.